The van der Waals surface area contributed by atoms with Gasteiger partial charge in [0.15, 0.2) is 0 Å². The zero-order valence-corrected chi connectivity index (χ0v) is 22.8. The maximum Gasteiger partial charge on any atom is 0.0193 e. The van der Waals surface area contributed by atoms with E-state index in [4.69, 9.17) is 0 Å². The van der Waals surface area contributed by atoms with Gasteiger partial charge in [0.2, 0.25) is 0 Å². The summed E-state index contributed by atoms with van der Waals surface area (Å²) in [7, 11) is 0. The third-order valence-electron chi connectivity index (χ3n) is 8.89. The molecule has 4 aromatic carbocycles. The van der Waals surface area contributed by atoms with Crippen molar-refractivity contribution in [1.29, 1.82) is 0 Å². The van der Waals surface area contributed by atoms with Crippen LogP contribution in [0.25, 0.3) is 33.4 Å². The molecule has 180 valence electrons. The second-order valence-electron chi connectivity index (χ2n) is 11.1. The van der Waals surface area contributed by atoms with Gasteiger partial charge in [0.1, 0.15) is 0 Å². The number of allylic oxidation sites excluding steroid dienone is 6. The summed E-state index contributed by atoms with van der Waals surface area (Å²) < 4.78 is 1.10. The molecule has 0 nitrogen and oxygen atoms in total. The molecule has 3 aliphatic carbocycles. The normalized spacial score (nSPS) is 24.9. The predicted octanol–water partition coefficient (Wildman–Crippen LogP) is 10.1. The molecule has 0 radical (unpaired) electrons. The monoisotopic (exact) mass is 540 g/mol. The molecule has 3 unspecified atom stereocenters. The van der Waals surface area contributed by atoms with E-state index in [1.165, 1.54) is 50.1 Å². The Hall–Kier alpha value is -3.42. The Labute approximate surface area is 228 Å². The molecule has 37 heavy (non-hydrogen) atoms. The van der Waals surface area contributed by atoms with E-state index in [1.54, 1.807) is 0 Å². The van der Waals surface area contributed by atoms with Crippen LogP contribution in [0, 0.1) is 5.92 Å². The minimum Gasteiger partial charge on any atom is -0.0834 e. The van der Waals surface area contributed by atoms with E-state index >= 15 is 0 Å². The third kappa shape index (κ3) is 3.27. The van der Waals surface area contributed by atoms with E-state index in [-0.39, 0.29) is 10.8 Å². The molecule has 0 aliphatic heterocycles. The van der Waals surface area contributed by atoms with Crippen molar-refractivity contribution in [3.8, 4) is 33.4 Å². The number of benzene rings is 4. The third-order valence-corrected chi connectivity index (χ3v) is 9.42. The first kappa shape index (κ1) is 22.8. The lowest BCUT2D eigenvalue weighted by Gasteiger charge is -2.43. The number of halogens is 1. The van der Waals surface area contributed by atoms with E-state index in [1.807, 2.05) is 0 Å². The van der Waals surface area contributed by atoms with E-state index in [9.17, 15) is 0 Å². The van der Waals surface area contributed by atoms with Crippen molar-refractivity contribution in [2.75, 3.05) is 0 Å². The van der Waals surface area contributed by atoms with Gasteiger partial charge in [-0.2, -0.15) is 0 Å². The number of hydrogen-bond acceptors (Lipinski definition) is 0. The predicted molar refractivity (Wildman–Crippen MR) is 160 cm³/mol. The van der Waals surface area contributed by atoms with Gasteiger partial charge >= 0.3 is 0 Å². The summed E-state index contributed by atoms with van der Waals surface area (Å²) >= 11 is 3.65. The van der Waals surface area contributed by atoms with Gasteiger partial charge in [-0.1, -0.05) is 133 Å². The summed E-state index contributed by atoms with van der Waals surface area (Å²) in [5.41, 5.74) is 12.3. The van der Waals surface area contributed by atoms with Crippen LogP contribution in [0.4, 0.5) is 0 Å². The average Bonchev–Trinajstić information content (AvgIpc) is 3.14. The van der Waals surface area contributed by atoms with E-state index < -0.39 is 0 Å². The number of fused-ring (bicyclic) bond motifs is 3. The van der Waals surface area contributed by atoms with Gasteiger partial charge in [0.25, 0.3) is 0 Å². The Morgan fingerprint density at radius 1 is 0.730 bits per heavy atom. The van der Waals surface area contributed by atoms with Crippen molar-refractivity contribution >= 4 is 15.9 Å². The standard InChI is InChI=1S/C36H29Br/c1-35-21-9-15-27-16-10-22-36(2,34(27)35)33-31(26-13-7-4-8-14-26)29(25-17-19-28(37)20-18-25)23-30(32(33)35)24-11-5-3-6-12-24/h3-20,22-23,34H,21H2,1-2H3. The molecular formula is C36H29Br. The zero-order chi connectivity index (χ0) is 25.2. The topological polar surface area (TPSA) is 0 Å². The smallest absolute Gasteiger partial charge is 0.0193 e. The van der Waals surface area contributed by atoms with Gasteiger partial charge in [0.05, 0.1) is 0 Å². The highest BCUT2D eigenvalue weighted by Gasteiger charge is 2.58. The lowest BCUT2D eigenvalue weighted by Crippen LogP contribution is -2.40. The van der Waals surface area contributed by atoms with Crippen LogP contribution in [-0.4, -0.2) is 0 Å². The summed E-state index contributed by atoms with van der Waals surface area (Å²) in [4.78, 5) is 0. The van der Waals surface area contributed by atoms with Crippen LogP contribution in [0.3, 0.4) is 0 Å². The van der Waals surface area contributed by atoms with Crippen molar-refractivity contribution in [2.45, 2.75) is 31.1 Å². The molecule has 0 N–H and O–H groups in total. The molecule has 3 aliphatic rings. The summed E-state index contributed by atoms with van der Waals surface area (Å²) in [6.45, 7) is 5.00. The second-order valence-corrected chi connectivity index (χ2v) is 12.0. The van der Waals surface area contributed by atoms with Gasteiger partial charge in [0, 0.05) is 21.2 Å². The van der Waals surface area contributed by atoms with Gasteiger partial charge in [-0.3, -0.25) is 0 Å². The largest absolute Gasteiger partial charge is 0.0834 e. The first-order valence-corrected chi connectivity index (χ1v) is 13.9. The Balaban J connectivity index is 1.68. The summed E-state index contributed by atoms with van der Waals surface area (Å²) in [6, 6.07) is 33.4. The molecule has 0 heterocycles. The quantitative estimate of drug-likeness (QED) is 0.242. The average molecular weight is 542 g/mol. The van der Waals surface area contributed by atoms with Crippen LogP contribution in [-0.2, 0) is 10.8 Å². The maximum atomic E-state index is 3.65. The van der Waals surface area contributed by atoms with Gasteiger partial charge in [-0.25, -0.2) is 0 Å². The Bertz CT molecular complexity index is 1610. The summed E-state index contributed by atoms with van der Waals surface area (Å²) in [5.74, 6) is 0.412. The molecule has 0 fully saturated rings. The molecule has 4 aromatic rings. The molecule has 1 heteroatoms. The highest BCUT2D eigenvalue weighted by atomic mass is 79.9. The maximum absolute atomic E-state index is 3.65. The molecule has 7 rings (SSSR count). The van der Waals surface area contributed by atoms with E-state index in [0.717, 1.165) is 10.9 Å². The molecule has 0 bridgehead atoms. The fraction of sp³-hybridized carbons (Fsp3) is 0.167. The lowest BCUT2D eigenvalue weighted by molar-refractivity contribution is 0.284. The SMILES string of the molecule is CC12C=CC=C3C=CCC(C)(c4c(-c5ccccc5)cc(-c5ccc(Br)cc5)c(-c5ccccc5)c41)C32. The second kappa shape index (κ2) is 8.30. The van der Waals surface area contributed by atoms with Gasteiger partial charge in [-0.05, 0) is 74.7 Å². The molecule has 0 amide bonds. The van der Waals surface area contributed by atoms with Crippen molar-refractivity contribution in [3.05, 3.63) is 143 Å². The van der Waals surface area contributed by atoms with Crippen LogP contribution < -0.4 is 0 Å². The highest BCUT2D eigenvalue weighted by Crippen LogP contribution is 2.66. The Morgan fingerprint density at radius 3 is 2.08 bits per heavy atom. The summed E-state index contributed by atoms with van der Waals surface area (Å²) in [6.07, 6.45) is 12.9. The molecule has 0 spiro atoms. The fourth-order valence-corrected chi connectivity index (χ4v) is 7.80. The summed E-state index contributed by atoms with van der Waals surface area (Å²) in [5, 5.41) is 0. The number of hydrogen-bond donors (Lipinski definition) is 0. The van der Waals surface area contributed by atoms with Crippen LogP contribution in [0.1, 0.15) is 31.4 Å². The first-order valence-electron chi connectivity index (χ1n) is 13.2. The minimum atomic E-state index is -0.0982. The molecule has 0 aromatic heterocycles. The number of rotatable bonds is 3. The van der Waals surface area contributed by atoms with Crippen molar-refractivity contribution in [1.82, 2.24) is 0 Å². The fourth-order valence-electron chi connectivity index (χ4n) is 7.53. The van der Waals surface area contributed by atoms with Gasteiger partial charge in [-0.15, -0.1) is 0 Å². The van der Waals surface area contributed by atoms with Crippen LogP contribution in [0.15, 0.2) is 131 Å². The van der Waals surface area contributed by atoms with Crippen LogP contribution >= 0.6 is 15.9 Å². The van der Waals surface area contributed by atoms with Crippen molar-refractivity contribution in [2.24, 2.45) is 5.92 Å². The minimum absolute atomic E-state index is 0.0162. The molecule has 0 saturated heterocycles. The van der Waals surface area contributed by atoms with Crippen LogP contribution in [0.2, 0.25) is 0 Å². The lowest BCUT2D eigenvalue weighted by atomic mass is 9.59. The van der Waals surface area contributed by atoms with Crippen molar-refractivity contribution in [3.63, 3.8) is 0 Å². The van der Waals surface area contributed by atoms with E-state index in [0.29, 0.717) is 5.92 Å². The van der Waals surface area contributed by atoms with Crippen LogP contribution in [0.5, 0.6) is 0 Å². The zero-order valence-electron chi connectivity index (χ0n) is 21.2. The van der Waals surface area contributed by atoms with Crippen molar-refractivity contribution < 1.29 is 0 Å². The van der Waals surface area contributed by atoms with E-state index in [2.05, 4.69) is 151 Å². The Kier molecular flexibility index (Phi) is 5.10. The van der Waals surface area contributed by atoms with Gasteiger partial charge < -0.3 is 0 Å². The first-order chi connectivity index (χ1) is 18.0. The molecule has 3 atom stereocenters. The molecular weight excluding hydrogens is 512 g/mol. The molecule has 0 saturated carbocycles. The Morgan fingerprint density at radius 2 is 1.38 bits per heavy atom. The highest BCUT2D eigenvalue weighted by molar-refractivity contribution is 9.10.